The summed E-state index contributed by atoms with van der Waals surface area (Å²) in [5, 5.41) is 16.7. The van der Waals surface area contributed by atoms with Gasteiger partial charge in [-0.05, 0) is 0 Å². The van der Waals surface area contributed by atoms with Gasteiger partial charge in [0.2, 0.25) is 0 Å². The molecule has 6 heteroatoms. The van der Waals surface area contributed by atoms with E-state index < -0.39 is 5.97 Å². The highest BCUT2D eigenvalue weighted by atomic mass is 16.4. The van der Waals surface area contributed by atoms with Crippen molar-refractivity contribution < 1.29 is 9.90 Å². The van der Waals surface area contributed by atoms with E-state index in [2.05, 4.69) is 15.3 Å². The summed E-state index contributed by atoms with van der Waals surface area (Å²) in [5.41, 5.74) is 1.28. The molecule has 2 rings (SSSR count). The van der Waals surface area contributed by atoms with E-state index in [4.69, 9.17) is 5.11 Å². The second kappa shape index (κ2) is 3.26. The molecule has 0 bridgehead atoms. The van der Waals surface area contributed by atoms with Crippen LogP contribution >= 0.6 is 0 Å². The fraction of sp³-hybridized carbons (Fsp3) is 0.400. The predicted octanol–water partition coefficient (Wildman–Crippen LogP) is 1.12. The summed E-state index contributed by atoms with van der Waals surface area (Å²) < 4.78 is 1.39. The lowest BCUT2D eigenvalue weighted by Gasteiger charge is -2.13. The van der Waals surface area contributed by atoms with E-state index in [-0.39, 0.29) is 11.0 Å². The molecule has 0 spiro atoms. The first-order valence-corrected chi connectivity index (χ1v) is 4.84. The van der Waals surface area contributed by atoms with Gasteiger partial charge < -0.3 is 5.11 Å². The molecule has 0 fully saturated rings. The van der Waals surface area contributed by atoms with Crippen LogP contribution in [0.25, 0.3) is 5.65 Å². The maximum Gasteiger partial charge on any atom is 0.338 e. The first kappa shape index (κ1) is 10.5. The topological polar surface area (TPSA) is 80.4 Å². The molecular formula is C10H12N4O2. The van der Waals surface area contributed by atoms with Crippen molar-refractivity contribution in [3.05, 3.63) is 23.7 Å². The van der Waals surface area contributed by atoms with Crippen LogP contribution in [0.5, 0.6) is 0 Å². The standard InChI is InChI=1S/C10H12N4O2/c1-10(2,3)7-8-11-4-6(9(15)16)5-14(8)13-12-7/h4-5H,1-3H3,(H,15,16). The van der Waals surface area contributed by atoms with E-state index >= 15 is 0 Å². The molecule has 1 N–H and O–H groups in total. The third kappa shape index (κ3) is 1.62. The van der Waals surface area contributed by atoms with Crippen LogP contribution in [0.15, 0.2) is 12.4 Å². The molecule has 0 aliphatic rings. The molecule has 0 radical (unpaired) electrons. The fourth-order valence-electron chi connectivity index (χ4n) is 1.39. The summed E-state index contributed by atoms with van der Waals surface area (Å²) in [6, 6.07) is 0. The van der Waals surface area contributed by atoms with Gasteiger partial charge in [0, 0.05) is 17.8 Å². The number of aromatic carboxylic acids is 1. The van der Waals surface area contributed by atoms with Crippen molar-refractivity contribution in [1.82, 2.24) is 19.8 Å². The van der Waals surface area contributed by atoms with Crippen LogP contribution in [0.2, 0.25) is 0 Å². The highest BCUT2D eigenvalue weighted by molar-refractivity contribution is 5.87. The minimum absolute atomic E-state index is 0.0952. The van der Waals surface area contributed by atoms with Gasteiger partial charge in [0.1, 0.15) is 5.69 Å². The van der Waals surface area contributed by atoms with Gasteiger partial charge in [-0.2, -0.15) is 0 Å². The lowest BCUT2D eigenvalue weighted by Crippen LogP contribution is -2.13. The molecular weight excluding hydrogens is 208 g/mol. The Labute approximate surface area is 91.9 Å². The zero-order chi connectivity index (χ0) is 11.9. The number of nitrogens with zero attached hydrogens (tertiary/aromatic N) is 4. The van der Waals surface area contributed by atoms with Gasteiger partial charge in [-0.25, -0.2) is 14.3 Å². The zero-order valence-corrected chi connectivity index (χ0v) is 9.30. The highest BCUT2D eigenvalue weighted by Crippen LogP contribution is 2.22. The molecule has 0 saturated heterocycles. The molecule has 16 heavy (non-hydrogen) atoms. The number of hydrogen-bond acceptors (Lipinski definition) is 4. The Hall–Kier alpha value is -1.98. The Kier molecular flexibility index (Phi) is 2.15. The second-order valence-electron chi connectivity index (χ2n) is 4.60. The SMILES string of the molecule is CC(C)(C)c1nnn2cc(C(=O)O)cnc12. The maximum absolute atomic E-state index is 10.7. The predicted molar refractivity (Wildman–Crippen MR) is 56.4 cm³/mol. The van der Waals surface area contributed by atoms with Crippen molar-refractivity contribution in [1.29, 1.82) is 0 Å². The van der Waals surface area contributed by atoms with Crippen molar-refractivity contribution >= 4 is 11.6 Å². The average Bonchev–Trinajstić information content (AvgIpc) is 2.58. The van der Waals surface area contributed by atoms with Crippen molar-refractivity contribution in [2.24, 2.45) is 0 Å². The number of rotatable bonds is 1. The Morgan fingerprint density at radius 3 is 2.69 bits per heavy atom. The van der Waals surface area contributed by atoms with Crippen molar-refractivity contribution in [2.45, 2.75) is 26.2 Å². The van der Waals surface area contributed by atoms with Crippen molar-refractivity contribution in [3.8, 4) is 0 Å². The van der Waals surface area contributed by atoms with E-state index in [1.54, 1.807) is 0 Å². The summed E-state index contributed by atoms with van der Waals surface area (Å²) >= 11 is 0. The lowest BCUT2D eigenvalue weighted by molar-refractivity contribution is 0.0695. The van der Waals surface area contributed by atoms with Gasteiger partial charge >= 0.3 is 5.97 Å². The van der Waals surface area contributed by atoms with Gasteiger partial charge in [0.15, 0.2) is 5.65 Å². The van der Waals surface area contributed by atoms with Crippen LogP contribution in [0.4, 0.5) is 0 Å². The molecule has 0 aliphatic carbocycles. The second-order valence-corrected chi connectivity index (χ2v) is 4.60. The maximum atomic E-state index is 10.7. The first-order chi connectivity index (χ1) is 7.39. The smallest absolute Gasteiger partial charge is 0.338 e. The van der Waals surface area contributed by atoms with Gasteiger partial charge in [0.05, 0.1) is 5.56 Å². The van der Waals surface area contributed by atoms with Crippen molar-refractivity contribution in [3.63, 3.8) is 0 Å². The van der Waals surface area contributed by atoms with Gasteiger partial charge in [-0.15, -0.1) is 5.10 Å². The number of aromatic nitrogens is 4. The minimum atomic E-state index is -1.03. The molecule has 0 amide bonds. The zero-order valence-electron chi connectivity index (χ0n) is 9.30. The molecule has 2 heterocycles. The number of fused-ring (bicyclic) bond motifs is 1. The van der Waals surface area contributed by atoms with Gasteiger partial charge in [0.25, 0.3) is 0 Å². The Morgan fingerprint density at radius 1 is 1.44 bits per heavy atom. The fourth-order valence-corrected chi connectivity index (χ4v) is 1.39. The molecule has 2 aromatic heterocycles. The number of carboxylic acid groups (broad SMARTS) is 1. The number of hydrogen-bond donors (Lipinski definition) is 1. The summed E-state index contributed by atoms with van der Waals surface area (Å²) in [7, 11) is 0. The largest absolute Gasteiger partial charge is 0.478 e. The quantitative estimate of drug-likeness (QED) is 0.778. The van der Waals surface area contributed by atoms with E-state index in [1.165, 1.54) is 16.9 Å². The molecule has 0 aliphatic heterocycles. The summed E-state index contributed by atoms with van der Waals surface area (Å²) in [6.45, 7) is 6.01. The Morgan fingerprint density at radius 2 is 2.12 bits per heavy atom. The molecule has 6 nitrogen and oxygen atoms in total. The lowest BCUT2D eigenvalue weighted by atomic mass is 9.92. The summed E-state index contributed by atoms with van der Waals surface area (Å²) in [4.78, 5) is 14.8. The molecule has 84 valence electrons. The average molecular weight is 220 g/mol. The highest BCUT2D eigenvalue weighted by Gasteiger charge is 2.22. The van der Waals surface area contributed by atoms with E-state index in [0.717, 1.165) is 5.69 Å². The van der Waals surface area contributed by atoms with E-state index in [0.29, 0.717) is 5.65 Å². The summed E-state index contributed by atoms with van der Waals surface area (Å²) in [5.74, 6) is -1.03. The molecule has 0 unspecified atom stereocenters. The van der Waals surface area contributed by atoms with Crippen LogP contribution in [-0.4, -0.2) is 30.9 Å². The summed E-state index contributed by atoms with van der Waals surface area (Å²) in [6.07, 6.45) is 2.73. The Bertz CT molecular complexity index is 553. The number of carboxylic acids is 1. The first-order valence-electron chi connectivity index (χ1n) is 4.84. The monoisotopic (exact) mass is 220 g/mol. The Balaban J connectivity index is 2.64. The van der Waals surface area contributed by atoms with E-state index in [9.17, 15) is 4.79 Å². The van der Waals surface area contributed by atoms with Gasteiger partial charge in [-0.3, -0.25) is 0 Å². The molecule has 0 saturated carbocycles. The minimum Gasteiger partial charge on any atom is -0.478 e. The van der Waals surface area contributed by atoms with Crippen molar-refractivity contribution in [2.75, 3.05) is 0 Å². The van der Waals surface area contributed by atoms with Gasteiger partial charge in [-0.1, -0.05) is 26.0 Å². The van der Waals surface area contributed by atoms with Crippen LogP contribution in [0, 0.1) is 0 Å². The molecule has 0 atom stereocenters. The van der Waals surface area contributed by atoms with Crippen LogP contribution in [-0.2, 0) is 5.41 Å². The third-order valence-corrected chi connectivity index (χ3v) is 2.21. The van der Waals surface area contributed by atoms with Crippen LogP contribution in [0.3, 0.4) is 0 Å². The van der Waals surface area contributed by atoms with Crippen LogP contribution < -0.4 is 0 Å². The van der Waals surface area contributed by atoms with Crippen LogP contribution in [0.1, 0.15) is 36.8 Å². The molecule has 0 aromatic carbocycles. The molecule has 2 aromatic rings. The van der Waals surface area contributed by atoms with E-state index in [1.807, 2.05) is 20.8 Å². The number of carbonyl (C=O) groups is 1. The normalized spacial score (nSPS) is 11.9. The third-order valence-electron chi connectivity index (χ3n) is 2.21.